The van der Waals surface area contributed by atoms with Crippen molar-refractivity contribution in [1.29, 1.82) is 0 Å². The number of hydrogen-bond acceptors (Lipinski definition) is 1. The Hall–Kier alpha value is -1.76. The molecule has 2 rings (SSSR count). The second-order valence-corrected chi connectivity index (χ2v) is 3.17. The summed E-state index contributed by atoms with van der Waals surface area (Å²) in [4.78, 5) is 0. The van der Waals surface area contributed by atoms with Crippen LogP contribution in [-0.2, 0) is 0 Å². The summed E-state index contributed by atoms with van der Waals surface area (Å²) in [5.74, 6) is 0. The lowest BCUT2D eigenvalue weighted by Crippen LogP contribution is -1.95. The molecule has 0 radical (unpaired) electrons. The van der Waals surface area contributed by atoms with Gasteiger partial charge in [0, 0.05) is 11.4 Å². The SMILES string of the molecule is C1=CCC=C(Nc2ccccc2)C=C1. The molecule has 0 spiro atoms. The molecule has 1 nitrogen and oxygen atoms in total. The second kappa shape index (κ2) is 4.47. The van der Waals surface area contributed by atoms with Gasteiger partial charge in [0.2, 0.25) is 0 Å². The van der Waals surface area contributed by atoms with E-state index in [4.69, 9.17) is 0 Å². The fourth-order valence-corrected chi connectivity index (χ4v) is 1.36. The first-order valence-corrected chi connectivity index (χ1v) is 4.80. The Morgan fingerprint density at radius 3 is 2.71 bits per heavy atom. The highest BCUT2D eigenvalue weighted by molar-refractivity contribution is 5.51. The number of anilines is 1. The zero-order valence-corrected chi connectivity index (χ0v) is 7.98. The van der Waals surface area contributed by atoms with Crippen LogP contribution in [0.15, 0.2) is 66.4 Å². The normalized spacial score (nSPS) is 14.7. The Morgan fingerprint density at radius 1 is 1.00 bits per heavy atom. The molecule has 0 fully saturated rings. The monoisotopic (exact) mass is 183 g/mol. The minimum Gasteiger partial charge on any atom is -0.356 e. The van der Waals surface area contributed by atoms with Crippen molar-refractivity contribution in [3.63, 3.8) is 0 Å². The second-order valence-electron chi connectivity index (χ2n) is 3.17. The van der Waals surface area contributed by atoms with E-state index < -0.39 is 0 Å². The Balaban J connectivity index is 2.08. The van der Waals surface area contributed by atoms with Crippen LogP contribution < -0.4 is 5.32 Å². The number of para-hydroxylation sites is 1. The van der Waals surface area contributed by atoms with E-state index >= 15 is 0 Å². The Labute approximate surface area is 84.5 Å². The van der Waals surface area contributed by atoms with Gasteiger partial charge in [-0.2, -0.15) is 0 Å². The molecule has 0 amide bonds. The quantitative estimate of drug-likeness (QED) is 0.740. The van der Waals surface area contributed by atoms with Crippen molar-refractivity contribution >= 4 is 5.69 Å². The first-order valence-electron chi connectivity index (χ1n) is 4.80. The van der Waals surface area contributed by atoms with Crippen LogP contribution in [0.4, 0.5) is 5.69 Å². The Kier molecular flexibility index (Phi) is 2.82. The van der Waals surface area contributed by atoms with Crippen LogP contribution in [0.25, 0.3) is 0 Å². The predicted octanol–water partition coefficient (Wildman–Crippen LogP) is 3.50. The van der Waals surface area contributed by atoms with Gasteiger partial charge in [0.25, 0.3) is 0 Å². The lowest BCUT2D eigenvalue weighted by molar-refractivity contribution is 1.34. The lowest BCUT2D eigenvalue weighted by atomic mass is 10.3. The van der Waals surface area contributed by atoms with Gasteiger partial charge in [-0.15, -0.1) is 0 Å². The summed E-state index contributed by atoms with van der Waals surface area (Å²) in [5, 5.41) is 3.36. The number of allylic oxidation sites excluding steroid dienone is 5. The number of benzene rings is 1. The minimum absolute atomic E-state index is 0.988. The van der Waals surface area contributed by atoms with Gasteiger partial charge in [-0.05, 0) is 24.6 Å². The molecular weight excluding hydrogens is 170 g/mol. The molecule has 0 heterocycles. The fourth-order valence-electron chi connectivity index (χ4n) is 1.36. The Bertz CT molecular complexity index is 371. The standard InChI is InChI=1S/C13H13N/c1-2-5-9-12(8-4-1)14-13-10-6-3-7-11-13/h1-4,6-11,14H,5H2. The largest absolute Gasteiger partial charge is 0.356 e. The number of hydrogen-bond donors (Lipinski definition) is 1. The third-order valence-corrected chi connectivity index (χ3v) is 2.06. The third-order valence-electron chi connectivity index (χ3n) is 2.06. The maximum absolute atomic E-state index is 3.36. The highest BCUT2D eigenvalue weighted by Gasteiger charge is 1.93. The van der Waals surface area contributed by atoms with Crippen LogP contribution >= 0.6 is 0 Å². The maximum Gasteiger partial charge on any atom is 0.0384 e. The molecular formula is C13H13N. The number of rotatable bonds is 2. The van der Waals surface area contributed by atoms with E-state index in [2.05, 4.69) is 47.8 Å². The van der Waals surface area contributed by atoms with Gasteiger partial charge < -0.3 is 5.32 Å². The fraction of sp³-hybridized carbons (Fsp3) is 0.0769. The van der Waals surface area contributed by atoms with E-state index in [-0.39, 0.29) is 0 Å². The molecule has 1 aliphatic carbocycles. The van der Waals surface area contributed by atoms with Crippen molar-refractivity contribution in [3.05, 3.63) is 66.4 Å². The van der Waals surface area contributed by atoms with Gasteiger partial charge in [-0.1, -0.05) is 42.5 Å². The van der Waals surface area contributed by atoms with E-state index in [1.165, 1.54) is 0 Å². The van der Waals surface area contributed by atoms with Crippen molar-refractivity contribution in [2.75, 3.05) is 5.32 Å². The van der Waals surface area contributed by atoms with Crippen LogP contribution in [-0.4, -0.2) is 0 Å². The molecule has 1 N–H and O–H groups in total. The molecule has 0 unspecified atom stereocenters. The van der Waals surface area contributed by atoms with Crippen LogP contribution in [0.2, 0.25) is 0 Å². The summed E-state index contributed by atoms with van der Waals surface area (Å²) >= 11 is 0. The minimum atomic E-state index is 0.988. The highest BCUT2D eigenvalue weighted by atomic mass is 14.9. The van der Waals surface area contributed by atoms with Crippen LogP contribution in [0.5, 0.6) is 0 Å². The van der Waals surface area contributed by atoms with Crippen LogP contribution in [0.1, 0.15) is 6.42 Å². The van der Waals surface area contributed by atoms with Crippen molar-refractivity contribution < 1.29 is 0 Å². The topological polar surface area (TPSA) is 12.0 Å². The van der Waals surface area contributed by atoms with Crippen molar-refractivity contribution in [1.82, 2.24) is 0 Å². The highest BCUT2D eigenvalue weighted by Crippen LogP contribution is 2.11. The summed E-state index contributed by atoms with van der Waals surface area (Å²) in [5.41, 5.74) is 2.28. The summed E-state index contributed by atoms with van der Waals surface area (Å²) in [7, 11) is 0. The van der Waals surface area contributed by atoms with E-state index in [0.29, 0.717) is 0 Å². The van der Waals surface area contributed by atoms with Crippen LogP contribution in [0.3, 0.4) is 0 Å². The molecule has 1 aromatic rings. The smallest absolute Gasteiger partial charge is 0.0384 e. The average Bonchev–Trinajstić information content (AvgIpc) is 2.48. The van der Waals surface area contributed by atoms with E-state index in [0.717, 1.165) is 17.8 Å². The first-order chi connectivity index (χ1) is 6.95. The molecule has 14 heavy (non-hydrogen) atoms. The van der Waals surface area contributed by atoms with Gasteiger partial charge in [-0.25, -0.2) is 0 Å². The number of nitrogens with one attached hydrogen (secondary N) is 1. The summed E-state index contributed by atoms with van der Waals surface area (Å²) in [6, 6.07) is 10.2. The average molecular weight is 183 g/mol. The molecule has 1 heteroatoms. The summed E-state index contributed by atoms with van der Waals surface area (Å²) < 4.78 is 0. The molecule has 0 saturated heterocycles. The van der Waals surface area contributed by atoms with E-state index in [1.807, 2.05) is 18.2 Å². The molecule has 1 aliphatic rings. The van der Waals surface area contributed by atoms with Gasteiger partial charge in [-0.3, -0.25) is 0 Å². The molecule has 0 aromatic heterocycles. The van der Waals surface area contributed by atoms with Crippen LogP contribution in [0, 0.1) is 0 Å². The third kappa shape index (κ3) is 2.36. The van der Waals surface area contributed by atoms with Crippen molar-refractivity contribution in [2.24, 2.45) is 0 Å². The molecule has 1 aromatic carbocycles. The lowest BCUT2D eigenvalue weighted by Gasteiger charge is -2.05. The van der Waals surface area contributed by atoms with Gasteiger partial charge >= 0.3 is 0 Å². The molecule has 70 valence electrons. The molecule has 0 atom stereocenters. The Morgan fingerprint density at radius 2 is 1.86 bits per heavy atom. The maximum atomic E-state index is 3.36. The van der Waals surface area contributed by atoms with Gasteiger partial charge in [0.1, 0.15) is 0 Å². The van der Waals surface area contributed by atoms with Gasteiger partial charge in [0.05, 0.1) is 0 Å². The predicted molar refractivity (Wildman–Crippen MR) is 61.0 cm³/mol. The zero-order valence-electron chi connectivity index (χ0n) is 7.98. The zero-order chi connectivity index (χ0) is 9.64. The van der Waals surface area contributed by atoms with Gasteiger partial charge in [0.15, 0.2) is 0 Å². The first kappa shape index (κ1) is 8.82. The molecule has 0 saturated carbocycles. The van der Waals surface area contributed by atoms with Crippen molar-refractivity contribution in [2.45, 2.75) is 6.42 Å². The van der Waals surface area contributed by atoms with E-state index in [1.54, 1.807) is 0 Å². The van der Waals surface area contributed by atoms with Crippen molar-refractivity contribution in [3.8, 4) is 0 Å². The summed E-state index contributed by atoms with van der Waals surface area (Å²) in [6.07, 6.45) is 11.5. The molecule has 0 aliphatic heterocycles. The van der Waals surface area contributed by atoms with E-state index in [9.17, 15) is 0 Å². The summed E-state index contributed by atoms with van der Waals surface area (Å²) in [6.45, 7) is 0. The molecule has 0 bridgehead atoms.